The number of thiophene rings is 1. The van der Waals surface area contributed by atoms with Crippen molar-refractivity contribution in [1.29, 1.82) is 0 Å². The monoisotopic (exact) mass is 360 g/mol. The third kappa shape index (κ3) is 1.89. The molecule has 4 aromatic rings. The minimum absolute atomic E-state index is 0.448. The Hall–Kier alpha value is -2.39. The first-order valence-corrected chi connectivity index (χ1v) is 9.95. The fourth-order valence-corrected chi connectivity index (χ4v) is 5.40. The molecule has 0 radical (unpaired) electrons. The van der Waals surface area contributed by atoms with Gasteiger partial charge in [0.15, 0.2) is 11.9 Å². The van der Waals surface area contributed by atoms with Gasteiger partial charge in [-0.3, -0.25) is 0 Å². The zero-order valence-corrected chi connectivity index (χ0v) is 16.6. The molecule has 0 unspecified atom stereocenters. The molecule has 1 aliphatic rings. The quantitative estimate of drug-likeness (QED) is 0.316. The van der Waals surface area contributed by atoms with Crippen molar-refractivity contribution in [3.05, 3.63) is 52.5 Å². The van der Waals surface area contributed by atoms with Crippen molar-refractivity contribution in [3.63, 3.8) is 0 Å². The first kappa shape index (κ1) is 15.8. The van der Waals surface area contributed by atoms with E-state index in [4.69, 9.17) is 4.74 Å². The van der Waals surface area contributed by atoms with Crippen LogP contribution in [0.4, 0.5) is 0 Å². The molecule has 2 nitrogen and oxygen atoms in total. The lowest BCUT2D eigenvalue weighted by Gasteiger charge is -2.23. The summed E-state index contributed by atoms with van der Waals surface area (Å²) in [6, 6.07) is 10.9. The largest absolute Gasteiger partial charge is 0.454 e. The number of benzene rings is 2. The summed E-state index contributed by atoms with van der Waals surface area (Å²) >= 11 is 1.87. The normalized spacial score (nSPS) is 12.7. The van der Waals surface area contributed by atoms with Gasteiger partial charge >= 0.3 is 0 Å². The number of nitrogens with zero attached hydrogens (tertiary/aromatic N) is 1. The molecule has 3 heteroatoms. The third-order valence-corrected chi connectivity index (χ3v) is 7.04. The van der Waals surface area contributed by atoms with Gasteiger partial charge in [0.05, 0.1) is 15.1 Å². The fraction of sp³-hybridized carbons (Fsp3) is 0.261. The van der Waals surface area contributed by atoms with E-state index in [9.17, 15) is 0 Å². The van der Waals surface area contributed by atoms with Crippen LogP contribution in [0, 0.1) is 13.8 Å². The Morgan fingerprint density at radius 1 is 0.962 bits per heavy atom. The topological polar surface area (TPSA) is 13.1 Å². The van der Waals surface area contributed by atoms with Crippen LogP contribution in [0.2, 0.25) is 0 Å². The van der Waals surface area contributed by atoms with Gasteiger partial charge in [-0.25, -0.2) is 4.57 Å². The van der Waals surface area contributed by atoms with Crippen molar-refractivity contribution in [3.8, 4) is 22.8 Å². The zero-order valence-electron chi connectivity index (χ0n) is 15.8. The molecule has 0 spiro atoms. The van der Waals surface area contributed by atoms with Gasteiger partial charge in [-0.05, 0) is 36.1 Å². The Bertz CT molecular complexity index is 1220. The summed E-state index contributed by atoms with van der Waals surface area (Å²) < 4.78 is 10.2. The van der Waals surface area contributed by atoms with Gasteiger partial charge in [-0.2, -0.15) is 0 Å². The van der Waals surface area contributed by atoms with Crippen molar-refractivity contribution in [2.75, 3.05) is 0 Å². The van der Waals surface area contributed by atoms with Gasteiger partial charge in [-0.1, -0.05) is 38.1 Å². The van der Waals surface area contributed by atoms with Crippen LogP contribution in [0.15, 0.2) is 36.5 Å². The Morgan fingerprint density at radius 2 is 1.65 bits per heavy atom. The molecule has 0 amide bonds. The highest BCUT2D eigenvalue weighted by atomic mass is 32.1. The average molecular weight is 361 g/mol. The van der Waals surface area contributed by atoms with Gasteiger partial charge in [0, 0.05) is 11.6 Å². The van der Waals surface area contributed by atoms with Gasteiger partial charge in [0.25, 0.3) is 0 Å². The molecule has 2 aromatic heterocycles. The number of fused-ring (bicyclic) bond motifs is 3. The van der Waals surface area contributed by atoms with Gasteiger partial charge < -0.3 is 4.74 Å². The highest BCUT2D eigenvalue weighted by molar-refractivity contribution is 7.19. The van der Waals surface area contributed by atoms with Crippen LogP contribution in [0.25, 0.3) is 32.1 Å². The highest BCUT2D eigenvalue weighted by Gasteiger charge is 2.34. The lowest BCUT2D eigenvalue weighted by Crippen LogP contribution is -2.31. The minimum Gasteiger partial charge on any atom is -0.454 e. The van der Waals surface area contributed by atoms with Gasteiger partial charge in [0.2, 0.25) is 5.69 Å². The lowest BCUT2D eigenvalue weighted by atomic mass is 9.90. The summed E-state index contributed by atoms with van der Waals surface area (Å²) in [5.74, 6) is 2.54. The van der Waals surface area contributed by atoms with Crippen molar-refractivity contribution < 1.29 is 9.30 Å². The Balaban J connectivity index is 2.01. The van der Waals surface area contributed by atoms with Crippen LogP contribution in [-0.2, 0) is 7.05 Å². The summed E-state index contributed by atoms with van der Waals surface area (Å²) in [6.07, 6.45) is 2.18. The number of hydrogen-bond acceptors (Lipinski definition) is 2. The van der Waals surface area contributed by atoms with Crippen molar-refractivity contribution >= 4 is 32.2 Å². The smallest absolute Gasteiger partial charge is 0.228 e. The lowest BCUT2D eigenvalue weighted by molar-refractivity contribution is -0.659. The van der Waals surface area contributed by atoms with Crippen molar-refractivity contribution in [1.82, 2.24) is 0 Å². The molecule has 1 aliphatic heterocycles. The molecule has 5 rings (SSSR count). The number of pyridine rings is 1. The van der Waals surface area contributed by atoms with E-state index in [0.29, 0.717) is 5.92 Å². The summed E-state index contributed by atoms with van der Waals surface area (Å²) in [5, 5.41) is 3.87. The van der Waals surface area contributed by atoms with Crippen molar-refractivity contribution in [2.45, 2.75) is 33.6 Å². The first-order valence-electron chi connectivity index (χ1n) is 9.14. The van der Waals surface area contributed by atoms with E-state index in [2.05, 4.69) is 75.8 Å². The molecule has 2 aromatic carbocycles. The van der Waals surface area contributed by atoms with Gasteiger partial charge in [0.1, 0.15) is 18.2 Å². The van der Waals surface area contributed by atoms with E-state index in [0.717, 1.165) is 11.5 Å². The molecule has 0 atom stereocenters. The summed E-state index contributed by atoms with van der Waals surface area (Å²) in [5.41, 5.74) is 5.06. The second-order valence-electron chi connectivity index (χ2n) is 7.57. The SMILES string of the molecule is Cc1c2c(c(C)c3ccccc13)-c1c3c(c(C(C)C)sc3cc[n+]1C)O2. The van der Waals surface area contributed by atoms with Crippen LogP contribution >= 0.6 is 11.3 Å². The van der Waals surface area contributed by atoms with E-state index in [1.807, 2.05) is 11.3 Å². The Morgan fingerprint density at radius 3 is 2.35 bits per heavy atom. The molecule has 0 bridgehead atoms. The minimum atomic E-state index is 0.448. The fourth-order valence-electron chi connectivity index (χ4n) is 4.27. The predicted molar refractivity (Wildman–Crippen MR) is 110 cm³/mol. The van der Waals surface area contributed by atoms with E-state index >= 15 is 0 Å². The summed E-state index contributed by atoms with van der Waals surface area (Å²) in [7, 11) is 2.14. The number of ether oxygens (including phenoxy) is 1. The number of rotatable bonds is 1. The summed E-state index contributed by atoms with van der Waals surface area (Å²) in [6.45, 7) is 8.91. The molecular weight excluding hydrogens is 338 g/mol. The first-order chi connectivity index (χ1) is 12.5. The van der Waals surface area contributed by atoms with Crippen LogP contribution in [0.5, 0.6) is 11.5 Å². The molecule has 0 saturated carbocycles. The molecule has 0 saturated heterocycles. The molecule has 0 N–H and O–H groups in total. The number of aromatic nitrogens is 1. The average Bonchev–Trinajstić information content (AvgIpc) is 3.01. The molecule has 0 aliphatic carbocycles. The Labute approximate surface area is 157 Å². The molecule has 3 heterocycles. The molecule has 130 valence electrons. The maximum Gasteiger partial charge on any atom is 0.228 e. The third-order valence-electron chi connectivity index (χ3n) is 5.60. The highest BCUT2D eigenvalue weighted by Crippen LogP contribution is 2.54. The maximum atomic E-state index is 6.65. The van der Waals surface area contributed by atoms with Crippen LogP contribution in [-0.4, -0.2) is 0 Å². The number of aryl methyl sites for hydroxylation is 3. The molecule has 0 fully saturated rings. The standard InChI is InChI=1S/C23H22NOS/c1-12(2)23-22-19-17(26-23)10-11-24(5)20(19)18-13(3)15-8-6-7-9-16(15)14(4)21(18)25-22/h6-12H,1-5H3/q+1. The maximum absolute atomic E-state index is 6.65. The summed E-state index contributed by atoms with van der Waals surface area (Å²) in [4.78, 5) is 1.34. The number of hydrogen-bond donors (Lipinski definition) is 0. The van der Waals surface area contributed by atoms with Crippen LogP contribution < -0.4 is 9.30 Å². The second kappa shape index (κ2) is 5.31. The second-order valence-corrected chi connectivity index (χ2v) is 8.65. The predicted octanol–water partition coefficient (Wildman–Crippen LogP) is 6.39. The Kier molecular flexibility index (Phi) is 3.23. The van der Waals surface area contributed by atoms with E-state index in [-0.39, 0.29) is 0 Å². The molecule has 26 heavy (non-hydrogen) atoms. The van der Waals surface area contributed by atoms with Crippen LogP contribution in [0.3, 0.4) is 0 Å². The zero-order chi connectivity index (χ0) is 18.2. The van der Waals surface area contributed by atoms with Gasteiger partial charge in [-0.15, -0.1) is 11.3 Å². The van der Waals surface area contributed by atoms with Crippen molar-refractivity contribution in [2.24, 2.45) is 7.05 Å². The molecular formula is C23H22NOS+. The van der Waals surface area contributed by atoms with E-state index in [1.54, 1.807) is 0 Å². The van der Waals surface area contributed by atoms with E-state index in [1.165, 1.54) is 48.1 Å². The van der Waals surface area contributed by atoms with E-state index < -0.39 is 0 Å². The van der Waals surface area contributed by atoms with Crippen LogP contribution in [0.1, 0.15) is 35.8 Å².